The number of aliphatic hydroxyl groups is 2. The zero-order chi connectivity index (χ0) is 36.0. The largest absolute Gasteiger partial charge is 0.462 e. The molecule has 1 fully saturated rings. The molecule has 48 heavy (non-hydrogen) atoms. The van der Waals surface area contributed by atoms with E-state index in [2.05, 4.69) is 13.2 Å². The van der Waals surface area contributed by atoms with Crippen molar-refractivity contribution in [3.63, 3.8) is 0 Å². The maximum Gasteiger partial charge on any atom is 0.308 e. The molecule has 11 heteroatoms. The summed E-state index contributed by atoms with van der Waals surface area (Å²) in [5.41, 5.74) is 0.811. The predicted molar refractivity (Wildman–Crippen MR) is 183 cm³/mol. The molecule has 12 atom stereocenters. The molecule has 0 radical (unpaired) electrons. The van der Waals surface area contributed by atoms with Crippen molar-refractivity contribution in [2.24, 2.45) is 23.7 Å². The van der Waals surface area contributed by atoms with Crippen molar-refractivity contribution < 1.29 is 48.3 Å². The first-order valence-corrected chi connectivity index (χ1v) is 17.1. The summed E-state index contributed by atoms with van der Waals surface area (Å²) in [7, 11) is 3.50. The van der Waals surface area contributed by atoms with Crippen LogP contribution in [0.25, 0.3) is 0 Å². The first kappa shape index (κ1) is 41.7. The highest BCUT2D eigenvalue weighted by atomic mass is 16.7. The SMILES string of the molecule is C=CCOC[C@H]1/C=C(C)/C=C/C(=O)[C@H](C)C[C@H](CC=O)[C@H](O[C@@H]2O[C@H](C)[C@@H](O)[C@H](N(C)C)[C@H]2O)[C@@H](C)[C@H](OCC=C)CC(=O)O[C@@H]1CC. The lowest BCUT2D eigenvalue weighted by atomic mass is 9.79. The van der Waals surface area contributed by atoms with Crippen LogP contribution >= 0.6 is 0 Å². The summed E-state index contributed by atoms with van der Waals surface area (Å²) in [4.78, 5) is 40.8. The molecule has 2 heterocycles. The van der Waals surface area contributed by atoms with Crippen molar-refractivity contribution in [3.05, 3.63) is 49.1 Å². The van der Waals surface area contributed by atoms with Crippen LogP contribution in [0.2, 0.25) is 0 Å². The van der Waals surface area contributed by atoms with Crippen molar-refractivity contribution in [1.29, 1.82) is 0 Å². The fourth-order valence-electron chi connectivity index (χ4n) is 6.59. The number of hydrogen-bond donors (Lipinski definition) is 2. The first-order chi connectivity index (χ1) is 22.8. The van der Waals surface area contributed by atoms with Gasteiger partial charge in [-0.25, -0.2) is 0 Å². The third kappa shape index (κ3) is 12.1. The van der Waals surface area contributed by atoms with Crippen LogP contribution in [-0.2, 0) is 38.1 Å². The van der Waals surface area contributed by atoms with Crippen molar-refractivity contribution in [2.45, 2.75) is 109 Å². The predicted octanol–water partition coefficient (Wildman–Crippen LogP) is 3.82. The minimum Gasteiger partial charge on any atom is -0.462 e. The molecule has 1 saturated heterocycles. The van der Waals surface area contributed by atoms with Gasteiger partial charge in [0.05, 0.1) is 56.7 Å². The van der Waals surface area contributed by atoms with Gasteiger partial charge in [-0.1, -0.05) is 50.6 Å². The molecule has 11 nitrogen and oxygen atoms in total. The van der Waals surface area contributed by atoms with E-state index in [0.29, 0.717) is 13.0 Å². The first-order valence-electron chi connectivity index (χ1n) is 17.1. The summed E-state index contributed by atoms with van der Waals surface area (Å²) < 4.78 is 30.6. The number of hydrogen-bond acceptors (Lipinski definition) is 11. The Bertz CT molecular complexity index is 1110. The van der Waals surface area contributed by atoms with Crippen LogP contribution in [0.1, 0.15) is 60.3 Å². The molecule has 0 unspecified atom stereocenters. The molecule has 0 bridgehead atoms. The Balaban J connectivity index is 2.63. The van der Waals surface area contributed by atoms with Crippen LogP contribution in [-0.4, -0.2) is 116 Å². The zero-order valence-corrected chi connectivity index (χ0v) is 29.9. The molecule has 2 N–H and O–H groups in total. The van der Waals surface area contributed by atoms with E-state index < -0.39 is 72.7 Å². The molecule has 0 amide bonds. The summed E-state index contributed by atoms with van der Waals surface area (Å²) in [6.07, 6.45) is 3.85. The molecule has 0 aromatic carbocycles. The van der Waals surface area contributed by atoms with E-state index in [-0.39, 0.29) is 44.2 Å². The highest BCUT2D eigenvalue weighted by Crippen LogP contribution is 2.35. The second-order valence-electron chi connectivity index (χ2n) is 13.3. The Morgan fingerprint density at radius 1 is 1.06 bits per heavy atom. The van der Waals surface area contributed by atoms with Gasteiger partial charge in [-0.05, 0) is 52.8 Å². The molecule has 2 aliphatic heterocycles. The van der Waals surface area contributed by atoms with Gasteiger partial charge < -0.3 is 43.6 Å². The van der Waals surface area contributed by atoms with Crippen LogP contribution in [0.3, 0.4) is 0 Å². The standard InChI is InChI=1S/C37H59NO10/c1-10-17-44-22-28-19-23(4)13-14-29(40)24(5)20-27(15-16-39)36(48-37-35(43)33(38(8)9)34(42)26(7)46-37)25(6)31(45-18-11-2)21-32(41)47-30(28)12-3/h10-11,13-14,16,19,24-28,30-31,33-37,42-43H,1-2,12,15,17-18,20-22H2,3-9H3/b14-13+,23-19+/t24-,25+,26-,27+,28-,30-,31-,33+,34-,35-,36-,37+/m1/s1. The second-order valence-corrected chi connectivity index (χ2v) is 13.3. The number of esters is 1. The smallest absolute Gasteiger partial charge is 0.308 e. The molecule has 2 rings (SSSR count). The van der Waals surface area contributed by atoms with Crippen LogP contribution in [0, 0.1) is 23.7 Å². The average molecular weight is 678 g/mol. The fraction of sp³-hybridized carbons (Fsp3) is 0.703. The van der Waals surface area contributed by atoms with E-state index in [0.717, 1.165) is 11.9 Å². The maximum absolute atomic E-state index is 13.6. The maximum atomic E-state index is 13.6. The summed E-state index contributed by atoms with van der Waals surface area (Å²) in [6.45, 7) is 17.4. The Morgan fingerprint density at radius 3 is 2.35 bits per heavy atom. The van der Waals surface area contributed by atoms with Gasteiger partial charge in [-0.3, -0.25) is 9.59 Å². The van der Waals surface area contributed by atoms with Gasteiger partial charge in [0.25, 0.3) is 0 Å². The minimum absolute atomic E-state index is 0.0519. The number of aliphatic hydroxyl groups excluding tert-OH is 2. The monoisotopic (exact) mass is 677 g/mol. The number of ketones is 1. The Hall–Kier alpha value is -2.51. The molecular formula is C37H59NO10. The third-order valence-corrected chi connectivity index (χ3v) is 9.30. The Kier molecular flexibility index (Phi) is 18.1. The van der Waals surface area contributed by atoms with E-state index in [4.69, 9.17) is 23.7 Å². The molecule has 0 saturated carbocycles. The molecular weight excluding hydrogens is 618 g/mol. The van der Waals surface area contributed by atoms with Gasteiger partial charge in [-0.15, -0.1) is 13.2 Å². The highest BCUT2D eigenvalue weighted by molar-refractivity contribution is 5.91. The van der Waals surface area contributed by atoms with Gasteiger partial charge in [0, 0.05) is 24.2 Å². The molecule has 272 valence electrons. The number of nitrogens with zero attached hydrogens (tertiary/aromatic N) is 1. The van der Waals surface area contributed by atoms with Crippen LogP contribution in [0.5, 0.6) is 0 Å². The van der Waals surface area contributed by atoms with Crippen LogP contribution in [0.15, 0.2) is 49.1 Å². The van der Waals surface area contributed by atoms with Crippen LogP contribution < -0.4 is 0 Å². The van der Waals surface area contributed by atoms with Crippen molar-refractivity contribution in [1.82, 2.24) is 4.90 Å². The molecule has 2 aliphatic rings. The average Bonchev–Trinajstić information content (AvgIpc) is 3.04. The Morgan fingerprint density at radius 2 is 1.75 bits per heavy atom. The zero-order valence-electron chi connectivity index (χ0n) is 29.9. The lowest BCUT2D eigenvalue weighted by molar-refractivity contribution is -0.304. The van der Waals surface area contributed by atoms with E-state index in [1.54, 1.807) is 44.1 Å². The third-order valence-electron chi connectivity index (χ3n) is 9.30. The minimum atomic E-state index is -1.24. The van der Waals surface area contributed by atoms with Crippen LogP contribution in [0.4, 0.5) is 0 Å². The van der Waals surface area contributed by atoms with Gasteiger partial charge in [-0.2, -0.15) is 0 Å². The summed E-state index contributed by atoms with van der Waals surface area (Å²) >= 11 is 0. The number of aldehydes is 1. The number of allylic oxidation sites excluding steroid dienone is 3. The van der Waals surface area contributed by atoms with Crippen molar-refractivity contribution >= 4 is 18.0 Å². The lowest BCUT2D eigenvalue weighted by Crippen LogP contribution is -2.63. The number of rotatable bonds is 13. The summed E-state index contributed by atoms with van der Waals surface area (Å²) in [5, 5.41) is 22.2. The number of carbonyl (C=O) groups excluding carboxylic acids is 3. The van der Waals surface area contributed by atoms with Crippen molar-refractivity contribution in [3.8, 4) is 0 Å². The summed E-state index contributed by atoms with van der Waals surface area (Å²) in [5.74, 6) is -2.41. The summed E-state index contributed by atoms with van der Waals surface area (Å²) in [6, 6.07) is -0.691. The van der Waals surface area contributed by atoms with E-state index in [9.17, 15) is 24.6 Å². The van der Waals surface area contributed by atoms with E-state index >= 15 is 0 Å². The normalized spacial score (nSPS) is 37.7. The fourth-order valence-corrected chi connectivity index (χ4v) is 6.59. The highest BCUT2D eigenvalue weighted by Gasteiger charge is 2.47. The quantitative estimate of drug-likeness (QED) is 0.127. The Labute approximate surface area is 287 Å². The van der Waals surface area contributed by atoms with Gasteiger partial charge >= 0.3 is 5.97 Å². The number of cyclic esters (lactones) is 1. The number of ether oxygens (including phenoxy) is 5. The van der Waals surface area contributed by atoms with Gasteiger partial charge in [0.1, 0.15) is 18.5 Å². The number of likely N-dealkylation sites (N-methyl/N-ethyl adjacent to an activating group) is 1. The molecule has 0 spiro atoms. The molecule has 0 aliphatic carbocycles. The van der Waals surface area contributed by atoms with Crippen molar-refractivity contribution in [2.75, 3.05) is 33.9 Å². The van der Waals surface area contributed by atoms with E-state index in [1.165, 1.54) is 6.08 Å². The van der Waals surface area contributed by atoms with E-state index in [1.807, 2.05) is 33.8 Å². The second kappa shape index (κ2) is 20.9. The molecule has 0 aromatic heterocycles. The topological polar surface area (TPSA) is 141 Å². The van der Waals surface area contributed by atoms with Gasteiger partial charge in [0.2, 0.25) is 0 Å². The molecule has 0 aromatic rings. The lowest BCUT2D eigenvalue weighted by Gasteiger charge is -2.46. The van der Waals surface area contributed by atoms with Gasteiger partial charge in [0.15, 0.2) is 12.1 Å². The number of carbonyl (C=O) groups is 3.